The zero-order valence-electron chi connectivity index (χ0n) is 23.8. The van der Waals surface area contributed by atoms with Gasteiger partial charge in [0.15, 0.2) is 0 Å². The lowest BCUT2D eigenvalue weighted by atomic mass is 9.97. The van der Waals surface area contributed by atoms with Gasteiger partial charge in [0.2, 0.25) is 17.7 Å². The summed E-state index contributed by atoms with van der Waals surface area (Å²) >= 11 is 0. The van der Waals surface area contributed by atoms with E-state index in [4.69, 9.17) is 9.15 Å². The third kappa shape index (κ3) is 6.56. The zero-order valence-corrected chi connectivity index (χ0v) is 23.8. The van der Waals surface area contributed by atoms with Crippen molar-refractivity contribution in [3.63, 3.8) is 0 Å². The molecule has 4 rings (SSSR count). The predicted octanol–water partition coefficient (Wildman–Crippen LogP) is 4.14. The maximum absolute atomic E-state index is 15.2. The molecule has 1 aliphatic rings. The van der Waals surface area contributed by atoms with Crippen molar-refractivity contribution >= 4 is 11.8 Å². The Kier molecular flexibility index (Phi) is 9.65. The second kappa shape index (κ2) is 13.1. The fourth-order valence-corrected chi connectivity index (χ4v) is 5.21. The summed E-state index contributed by atoms with van der Waals surface area (Å²) in [6, 6.07) is 7.80. The summed E-state index contributed by atoms with van der Waals surface area (Å²) in [6.45, 7) is 8.74. The standard InChI is InChI=1S/C30H38FN5O4/c1-19(2)30(38)36-21(4)17-35(24(11-14-39-5)27-26(31)20(3)10-12-32-27)18-25(36)28(37)34-16-22-6-8-23(9-7-22)29-33-13-15-40-29/h6-10,12-13,15,19,21,24-25H,11,14,16-18H2,1-5H3,(H,34,37). The average molecular weight is 552 g/mol. The van der Waals surface area contributed by atoms with Crippen LogP contribution in [0.3, 0.4) is 0 Å². The van der Waals surface area contributed by atoms with Crippen LogP contribution in [0.1, 0.15) is 50.1 Å². The van der Waals surface area contributed by atoms with E-state index in [1.807, 2.05) is 45.0 Å². The van der Waals surface area contributed by atoms with Crippen LogP contribution < -0.4 is 5.32 Å². The van der Waals surface area contributed by atoms with Gasteiger partial charge in [-0.3, -0.25) is 19.5 Å². The molecule has 2 amide bonds. The van der Waals surface area contributed by atoms with Crippen LogP contribution in [0.2, 0.25) is 0 Å². The van der Waals surface area contributed by atoms with Crippen molar-refractivity contribution in [1.29, 1.82) is 0 Å². The number of nitrogens with one attached hydrogen (secondary N) is 1. The van der Waals surface area contributed by atoms with Crippen LogP contribution in [-0.4, -0.2) is 70.5 Å². The van der Waals surface area contributed by atoms with E-state index in [9.17, 15) is 9.59 Å². The Labute approximate surface area is 234 Å². The van der Waals surface area contributed by atoms with Crippen LogP contribution in [0.4, 0.5) is 4.39 Å². The highest BCUT2D eigenvalue weighted by molar-refractivity contribution is 5.89. The third-order valence-electron chi connectivity index (χ3n) is 7.33. The van der Waals surface area contributed by atoms with Crippen molar-refractivity contribution in [1.82, 2.24) is 25.1 Å². The van der Waals surface area contributed by atoms with Crippen LogP contribution in [0, 0.1) is 18.7 Å². The number of piperazine rings is 1. The number of rotatable bonds is 10. The molecule has 0 bridgehead atoms. The summed E-state index contributed by atoms with van der Waals surface area (Å²) in [7, 11) is 1.60. The number of benzene rings is 1. The molecule has 1 N–H and O–H groups in total. The first-order valence-corrected chi connectivity index (χ1v) is 13.6. The number of carbonyl (C=O) groups excluding carboxylic acids is 2. The second-order valence-corrected chi connectivity index (χ2v) is 10.6. The molecule has 0 aliphatic carbocycles. The van der Waals surface area contributed by atoms with Gasteiger partial charge in [0.1, 0.15) is 18.1 Å². The van der Waals surface area contributed by atoms with Crippen molar-refractivity contribution in [2.45, 2.75) is 58.8 Å². The summed E-state index contributed by atoms with van der Waals surface area (Å²) in [5, 5.41) is 3.02. The Balaban J connectivity index is 1.56. The van der Waals surface area contributed by atoms with Gasteiger partial charge >= 0.3 is 0 Å². The van der Waals surface area contributed by atoms with Crippen molar-refractivity contribution in [3.05, 3.63) is 71.6 Å². The minimum Gasteiger partial charge on any atom is -0.445 e. The number of oxazole rings is 1. The van der Waals surface area contributed by atoms with Gasteiger partial charge in [0.05, 0.1) is 17.9 Å². The number of nitrogens with zero attached hydrogens (tertiary/aromatic N) is 4. The van der Waals surface area contributed by atoms with E-state index >= 15 is 4.39 Å². The van der Waals surface area contributed by atoms with Crippen LogP contribution in [0.15, 0.2) is 53.4 Å². The van der Waals surface area contributed by atoms with Gasteiger partial charge < -0.3 is 19.4 Å². The van der Waals surface area contributed by atoms with Crippen LogP contribution >= 0.6 is 0 Å². The molecule has 214 valence electrons. The Morgan fingerprint density at radius 1 is 1.15 bits per heavy atom. The monoisotopic (exact) mass is 551 g/mol. The number of amides is 2. The first-order chi connectivity index (χ1) is 19.2. The van der Waals surface area contributed by atoms with Crippen LogP contribution in [-0.2, 0) is 20.9 Å². The van der Waals surface area contributed by atoms with Crippen LogP contribution in [0.25, 0.3) is 11.5 Å². The molecule has 0 saturated carbocycles. The number of aryl methyl sites for hydroxylation is 1. The van der Waals surface area contributed by atoms with E-state index < -0.39 is 12.1 Å². The summed E-state index contributed by atoms with van der Waals surface area (Å²) < 4.78 is 25.9. The number of ether oxygens (including phenoxy) is 1. The van der Waals surface area contributed by atoms with E-state index in [0.717, 1.165) is 11.1 Å². The van der Waals surface area contributed by atoms with Crippen molar-refractivity contribution in [2.75, 3.05) is 26.8 Å². The number of pyridine rings is 1. The van der Waals surface area contributed by atoms with Gasteiger partial charge in [-0.2, -0.15) is 0 Å². The molecule has 10 heteroatoms. The van der Waals surface area contributed by atoms with E-state index in [-0.39, 0.29) is 36.1 Å². The molecule has 9 nitrogen and oxygen atoms in total. The van der Waals surface area contributed by atoms with Gasteiger partial charge in [-0.05, 0) is 49.6 Å². The number of halogens is 1. The molecular weight excluding hydrogens is 513 g/mol. The first kappa shape index (κ1) is 29.4. The quantitative estimate of drug-likeness (QED) is 0.404. The van der Waals surface area contributed by atoms with E-state index in [1.54, 1.807) is 37.4 Å². The largest absolute Gasteiger partial charge is 0.445 e. The summed E-state index contributed by atoms with van der Waals surface area (Å²) in [6.07, 6.45) is 5.21. The van der Waals surface area contributed by atoms with E-state index in [2.05, 4.69) is 20.2 Å². The molecule has 1 aromatic carbocycles. The van der Waals surface area contributed by atoms with Crippen molar-refractivity contribution in [2.24, 2.45) is 5.92 Å². The molecule has 2 aromatic heterocycles. The SMILES string of the molecule is COCCC(c1nccc(C)c1F)N1CC(C)N(C(=O)C(C)C)C(C(=O)NCc2ccc(-c3ncco3)cc2)C1. The third-order valence-corrected chi connectivity index (χ3v) is 7.33. The van der Waals surface area contributed by atoms with Crippen molar-refractivity contribution in [3.8, 4) is 11.5 Å². The average Bonchev–Trinajstić information content (AvgIpc) is 3.49. The highest BCUT2D eigenvalue weighted by Crippen LogP contribution is 2.31. The summed E-state index contributed by atoms with van der Waals surface area (Å²) in [5.41, 5.74) is 2.58. The van der Waals surface area contributed by atoms with Gasteiger partial charge in [0, 0.05) is 57.1 Å². The van der Waals surface area contributed by atoms with Gasteiger partial charge in [-0.15, -0.1) is 0 Å². The summed E-state index contributed by atoms with van der Waals surface area (Å²) in [5.74, 6) is -0.447. The molecule has 1 saturated heterocycles. The van der Waals surface area contributed by atoms with Crippen LogP contribution in [0.5, 0.6) is 0 Å². The molecule has 3 heterocycles. The fraction of sp³-hybridized carbons (Fsp3) is 0.467. The Hall–Kier alpha value is -3.63. The van der Waals surface area contributed by atoms with Gasteiger partial charge in [0.25, 0.3) is 0 Å². The lowest BCUT2D eigenvalue weighted by molar-refractivity contribution is -0.151. The minimum atomic E-state index is -0.747. The normalized spacial score (nSPS) is 18.6. The number of methoxy groups -OCH3 is 1. The number of aromatic nitrogens is 2. The molecule has 0 radical (unpaired) electrons. The highest BCUT2D eigenvalue weighted by atomic mass is 19.1. The maximum Gasteiger partial charge on any atom is 0.244 e. The lowest BCUT2D eigenvalue weighted by Gasteiger charge is -2.47. The molecule has 3 atom stereocenters. The topological polar surface area (TPSA) is 101 Å². The molecule has 1 fully saturated rings. The minimum absolute atomic E-state index is 0.0871. The van der Waals surface area contributed by atoms with Gasteiger partial charge in [-0.1, -0.05) is 26.0 Å². The second-order valence-electron chi connectivity index (χ2n) is 10.6. The fourth-order valence-electron chi connectivity index (χ4n) is 5.21. The zero-order chi connectivity index (χ0) is 28.8. The smallest absolute Gasteiger partial charge is 0.244 e. The Morgan fingerprint density at radius 2 is 1.90 bits per heavy atom. The van der Waals surface area contributed by atoms with E-state index in [0.29, 0.717) is 43.3 Å². The summed E-state index contributed by atoms with van der Waals surface area (Å²) in [4.78, 5) is 39.3. The molecule has 40 heavy (non-hydrogen) atoms. The molecule has 3 unspecified atom stereocenters. The number of carbonyl (C=O) groups is 2. The number of hydrogen-bond donors (Lipinski definition) is 1. The Morgan fingerprint density at radius 3 is 2.55 bits per heavy atom. The maximum atomic E-state index is 15.2. The van der Waals surface area contributed by atoms with Crippen molar-refractivity contribution < 1.29 is 23.1 Å². The molecule has 1 aliphatic heterocycles. The lowest BCUT2D eigenvalue weighted by Crippen LogP contribution is -2.65. The highest BCUT2D eigenvalue weighted by Gasteiger charge is 2.42. The van der Waals surface area contributed by atoms with E-state index in [1.165, 1.54) is 6.26 Å². The molecule has 3 aromatic rings. The first-order valence-electron chi connectivity index (χ1n) is 13.6. The van der Waals surface area contributed by atoms with Gasteiger partial charge in [-0.25, -0.2) is 9.37 Å². The predicted molar refractivity (Wildman–Crippen MR) is 148 cm³/mol. The molecular formula is C30H38FN5O4. The molecule has 0 spiro atoms. The number of hydrogen-bond acceptors (Lipinski definition) is 7. The Bertz CT molecular complexity index is 1280.